The topological polar surface area (TPSA) is 33.5 Å². The van der Waals surface area contributed by atoms with E-state index in [2.05, 4.69) is 133 Å². The first kappa shape index (κ1) is 26.9. The number of nitrogens with zero attached hydrogens (tertiary/aromatic N) is 4. The van der Waals surface area contributed by atoms with Crippen LogP contribution in [0.15, 0.2) is 164 Å². The lowest BCUT2D eigenvalue weighted by Crippen LogP contribution is -2.52. The van der Waals surface area contributed by atoms with Crippen LogP contribution in [0.2, 0.25) is 13.1 Å². The lowest BCUT2D eigenvalue weighted by molar-refractivity contribution is 0.142. The van der Waals surface area contributed by atoms with Crippen molar-refractivity contribution in [3.05, 3.63) is 164 Å². The van der Waals surface area contributed by atoms with Gasteiger partial charge in [0.1, 0.15) is 13.9 Å². The molecule has 9 rings (SSSR count). The molecule has 0 unspecified atom stereocenters. The molecule has 0 N–H and O–H groups in total. The van der Waals surface area contributed by atoms with Gasteiger partial charge in [-0.05, 0) is 70.8 Å². The van der Waals surface area contributed by atoms with Crippen molar-refractivity contribution in [1.82, 2.24) is 9.55 Å². The molecule has 0 bridgehead atoms. The molecular weight excluding hydrogens is 629 g/mol. The van der Waals surface area contributed by atoms with Gasteiger partial charge in [-0.15, -0.1) is 4.94 Å². The Balaban J connectivity index is 1.14. The molecule has 8 aromatic rings. The average molecular weight is 668 g/mol. The maximum atomic E-state index is 8.06. The van der Waals surface area contributed by atoms with Gasteiger partial charge in [0.2, 0.25) is 0 Å². The number of hydroxylamine groups is 1. The molecule has 0 saturated carbocycles. The summed E-state index contributed by atoms with van der Waals surface area (Å²) >= 11 is 0. The quantitative estimate of drug-likeness (QED) is 0.165. The van der Waals surface area contributed by atoms with Crippen molar-refractivity contribution in [2.24, 2.45) is 0 Å². The summed E-state index contributed by atoms with van der Waals surface area (Å²) in [5, 5.41) is 7.44. The van der Waals surface area contributed by atoms with Crippen LogP contribution in [0.4, 0.5) is 17.1 Å². The van der Waals surface area contributed by atoms with Gasteiger partial charge in [-0.3, -0.25) is 4.57 Å². The van der Waals surface area contributed by atoms with E-state index in [4.69, 9.17) is 14.0 Å². The summed E-state index contributed by atoms with van der Waals surface area (Å²) in [5.74, 6) is 0.860. The zero-order chi connectivity index (χ0) is 36.3. The highest BCUT2D eigenvalue weighted by Gasteiger charge is 2.31. The highest BCUT2D eigenvalue weighted by Crippen LogP contribution is 2.40. The first-order valence-electron chi connectivity index (χ1n) is 18.3. The molecule has 50 heavy (non-hydrogen) atoms. The van der Waals surface area contributed by atoms with E-state index in [0.717, 1.165) is 38.7 Å². The van der Waals surface area contributed by atoms with Crippen LogP contribution >= 0.6 is 0 Å². The van der Waals surface area contributed by atoms with E-state index >= 15 is 0 Å². The minimum Gasteiger partial charge on any atom is -0.294 e. The summed E-state index contributed by atoms with van der Waals surface area (Å²) in [6.45, 7) is 2.25. The van der Waals surface area contributed by atoms with Crippen molar-refractivity contribution in [3.8, 4) is 28.1 Å². The van der Waals surface area contributed by atoms with E-state index in [1.54, 1.807) is 11.1 Å². The summed E-state index contributed by atoms with van der Waals surface area (Å²) in [6, 6.07) is 54.4. The monoisotopic (exact) mass is 667 g/mol. The second-order valence-corrected chi connectivity index (χ2v) is 17.6. The van der Waals surface area contributed by atoms with Crippen LogP contribution in [-0.2, 0) is 4.94 Å². The van der Waals surface area contributed by atoms with Gasteiger partial charge >= 0.3 is 0 Å². The number of aromatic nitrogens is 2. The third kappa shape index (κ3) is 4.92. The number of fused-ring (bicyclic) bond motifs is 4. The molecule has 0 radical (unpaired) electrons. The average Bonchev–Trinajstić information content (AvgIpc) is 3.75. The predicted octanol–water partition coefficient (Wildman–Crippen LogP) is 9.77. The van der Waals surface area contributed by atoms with E-state index in [0.29, 0.717) is 11.4 Å². The van der Waals surface area contributed by atoms with Gasteiger partial charge < -0.3 is 0 Å². The minimum atomic E-state index is -2.45. The zero-order valence-corrected chi connectivity index (χ0v) is 28.8. The first-order valence-corrected chi connectivity index (χ1v) is 19.8. The highest BCUT2D eigenvalue weighted by molar-refractivity contribution is 7.00. The molecule has 0 spiro atoms. The lowest BCUT2D eigenvalue weighted by atomic mass is 9.95. The Morgan fingerprint density at radius 3 is 2.12 bits per heavy atom. The zero-order valence-electron chi connectivity index (χ0n) is 30.8. The summed E-state index contributed by atoms with van der Waals surface area (Å²) in [6.07, 6.45) is 1.91. The van der Waals surface area contributed by atoms with Crippen LogP contribution in [0.25, 0.3) is 49.9 Å². The fraction of sp³-hybridized carbons (Fsp3) is 0.0682. The molecule has 0 saturated heterocycles. The third-order valence-corrected chi connectivity index (χ3v) is 13.5. The molecule has 0 amide bonds. The highest BCUT2D eigenvalue weighted by atomic mass is 28.3. The van der Waals surface area contributed by atoms with Gasteiger partial charge in [-0.1, -0.05) is 133 Å². The summed E-state index contributed by atoms with van der Waals surface area (Å²) < 4.78 is 26.5. The molecule has 242 valence electrons. The molecular formula is C44H36N4OSi. The normalized spacial score (nSPS) is 14.1. The fourth-order valence-electron chi connectivity index (χ4n) is 7.27. The molecule has 0 aliphatic carbocycles. The van der Waals surface area contributed by atoms with Crippen molar-refractivity contribution in [2.45, 2.75) is 13.1 Å². The maximum absolute atomic E-state index is 8.06. The van der Waals surface area contributed by atoms with Crippen LogP contribution in [0.5, 0.6) is 0 Å². The summed E-state index contributed by atoms with van der Waals surface area (Å²) in [5.41, 5.74) is 8.79. The molecule has 6 heteroatoms. The Morgan fingerprint density at radius 2 is 1.28 bits per heavy atom. The number of hydrogen-bond donors (Lipinski definition) is 0. The Bertz CT molecular complexity index is 2660. The minimum absolute atomic E-state index is 0.508. The van der Waals surface area contributed by atoms with E-state index < -0.39 is 15.0 Å². The van der Waals surface area contributed by atoms with Gasteiger partial charge in [0.05, 0.1) is 28.1 Å². The second kappa shape index (κ2) is 11.9. The van der Waals surface area contributed by atoms with Crippen LogP contribution < -0.4 is 20.5 Å². The smallest absolute Gasteiger partial charge is 0.138 e. The van der Waals surface area contributed by atoms with E-state index in [-0.39, 0.29) is 0 Å². The molecule has 5 nitrogen and oxygen atoms in total. The Hall–Kier alpha value is -5.95. The van der Waals surface area contributed by atoms with E-state index in [1.165, 1.54) is 32.3 Å². The summed E-state index contributed by atoms with van der Waals surface area (Å²) in [7, 11) is -2.32. The van der Waals surface area contributed by atoms with Gasteiger partial charge in [0.25, 0.3) is 0 Å². The number of benzene rings is 6. The Morgan fingerprint density at radius 1 is 0.580 bits per heavy atom. The lowest BCUT2D eigenvalue weighted by Gasteiger charge is -2.26. The number of hydrogen-bond acceptors (Lipinski definition) is 4. The standard InChI is InChI=1S/C44H36N4OSi/c1-46-41-22-11-12-23-42(41)48(49-46)33-16-13-17-34(29-33)50(2,3)35-24-25-39-38-20-9-10-21-40(38)47(43(39)30-35)44-28-32(26-27-45-44)37-19-8-7-18-36(37)31-14-5-4-6-15-31/h4-30H,1-3H3/i1D3. The Labute approximate surface area is 297 Å². The number of para-hydroxylation sites is 3. The van der Waals surface area contributed by atoms with Crippen molar-refractivity contribution < 1.29 is 9.05 Å². The fourth-order valence-corrected chi connectivity index (χ4v) is 9.62. The Kier molecular flexibility index (Phi) is 6.40. The predicted molar refractivity (Wildman–Crippen MR) is 211 cm³/mol. The van der Waals surface area contributed by atoms with Crippen LogP contribution in [0.1, 0.15) is 4.11 Å². The van der Waals surface area contributed by atoms with Crippen LogP contribution in [0, 0.1) is 0 Å². The number of pyridine rings is 1. The van der Waals surface area contributed by atoms with Crippen molar-refractivity contribution in [2.75, 3.05) is 17.1 Å². The SMILES string of the molecule is [2H]C([2H])([2H])N1ON(c2cccc([Si](C)(C)c3ccc4c5ccccc5n(-c5cc(-c6ccccc6-c6ccccc6)ccn5)c4c3)c2)c2ccccc21. The molecule has 2 aromatic heterocycles. The number of rotatable bonds is 6. The maximum Gasteiger partial charge on any atom is 0.138 e. The molecule has 0 fully saturated rings. The largest absolute Gasteiger partial charge is 0.294 e. The first-order chi connectivity index (χ1) is 25.7. The molecule has 0 atom stereocenters. The van der Waals surface area contributed by atoms with Crippen molar-refractivity contribution in [1.29, 1.82) is 0 Å². The van der Waals surface area contributed by atoms with E-state index in [9.17, 15) is 0 Å². The van der Waals surface area contributed by atoms with Gasteiger partial charge in [-0.2, -0.15) is 5.06 Å². The van der Waals surface area contributed by atoms with E-state index in [1.807, 2.05) is 42.6 Å². The van der Waals surface area contributed by atoms with Crippen LogP contribution in [-0.4, -0.2) is 24.6 Å². The number of anilines is 3. The third-order valence-electron chi connectivity index (χ3n) is 9.98. The van der Waals surface area contributed by atoms with Gasteiger partial charge in [-0.25, -0.2) is 10.0 Å². The van der Waals surface area contributed by atoms with Crippen LogP contribution in [0.3, 0.4) is 0 Å². The molecule has 6 aromatic carbocycles. The molecule has 1 aliphatic heterocycles. The molecule has 3 heterocycles. The van der Waals surface area contributed by atoms with Gasteiger partial charge in [0.15, 0.2) is 0 Å². The molecule has 1 aliphatic rings. The summed E-state index contributed by atoms with van der Waals surface area (Å²) in [4.78, 5) is 11.0. The second-order valence-electron chi connectivity index (χ2n) is 13.2. The van der Waals surface area contributed by atoms with Crippen molar-refractivity contribution >= 4 is 57.3 Å². The van der Waals surface area contributed by atoms with Crippen molar-refractivity contribution in [3.63, 3.8) is 0 Å². The van der Waals surface area contributed by atoms with Gasteiger partial charge in [0, 0.05) is 28.1 Å².